The first-order valence-electron chi connectivity index (χ1n) is 5.58. The van der Waals surface area contributed by atoms with E-state index in [1.807, 2.05) is 14.1 Å². The van der Waals surface area contributed by atoms with Crippen LogP contribution >= 0.6 is 11.6 Å². The molecule has 0 spiro atoms. The third-order valence-electron chi connectivity index (χ3n) is 2.58. The van der Waals surface area contributed by atoms with Crippen molar-refractivity contribution in [3.8, 4) is 0 Å². The Balaban J connectivity index is 2.74. The molecule has 0 fully saturated rings. The summed E-state index contributed by atoms with van der Waals surface area (Å²) in [6.07, 6.45) is 0. The molecule has 1 aromatic carbocycles. The highest BCUT2D eigenvalue weighted by Gasteiger charge is 2.09. The largest absolute Gasteiger partial charge is 0.326 e. The van der Waals surface area contributed by atoms with Crippen LogP contribution in [0.3, 0.4) is 0 Å². The van der Waals surface area contributed by atoms with Gasteiger partial charge in [0, 0.05) is 31.7 Å². The molecule has 96 valence electrons. The van der Waals surface area contributed by atoms with Crippen molar-refractivity contribution in [3.05, 3.63) is 34.1 Å². The highest BCUT2D eigenvalue weighted by molar-refractivity contribution is 6.30. The summed E-state index contributed by atoms with van der Waals surface area (Å²) < 4.78 is 13.5. The van der Waals surface area contributed by atoms with E-state index in [0.717, 1.165) is 25.2 Å². The van der Waals surface area contributed by atoms with Gasteiger partial charge < -0.3 is 16.0 Å². The van der Waals surface area contributed by atoms with Gasteiger partial charge >= 0.3 is 0 Å². The Morgan fingerprint density at radius 2 is 2.18 bits per heavy atom. The van der Waals surface area contributed by atoms with Gasteiger partial charge in [-0.15, -0.1) is 0 Å². The zero-order valence-corrected chi connectivity index (χ0v) is 11.0. The standard InChI is InChI=1S/C12H19ClFN3/c1-16-3-4-17(2)8-9-5-10(7-15)12(14)11(13)6-9/h5-6,16H,3-4,7-8,15H2,1-2H3. The van der Waals surface area contributed by atoms with Gasteiger partial charge in [-0.3, -0.25) is 0 Å². The number of halogens is 2. The zero-order valence-electron chi connectivity index (χ0n) is 10.3. The van der Waals surface area contributed by atoms with Crippen LogP contribution in [0.2, 0.25) is 5.02 Å². The van der Waals surface area contributed by atoms with Crippen molar-refractivity contribution < 1.29 is 4.39 Å². The van der Waals surface area contributed by atoms with Crippen molar-refractivity contribution in [1.29, 1.82) is 0 Å². The minimum atomic E-state index is -0.407. The molecule has 1 aromatic rings. The van der Waals surface area contributed by atoms with Crippen molar-refractivity contribution in [2.24, 2.45) is 5.73 Å². The third kappa shape index (κ3) is 4.24. The van der Waals surface area contributed by atoms with E-state index < -0.39 is 5.82 Å². The van der Waals surface area contributed by atoms with Gasteiger partial charge in [-0.05, 0) is 25.7 Å². The van der Waals surface area contributed by atoms with E-state index in [4.69, 9.17) is 17.3 Å². The van der Waals surface area contributed by atoms with Gasteiger partial charge in [-0.25, -0.2) is 4.39 Å². The van der Waals surface area contributed by atoms with Crippen LogP contribution in [0.1, 0.15) is 11.1 Å². The second-order valence-electron chi connectivity index (χ2n) is 4.10. The Hall–Kier alpha value is -0.680. The van der Waals surface area contributed by atoms with E-state index in [9.17, 15) is 4.39 Å². The summed E-state index contributed by atoms with van der Waals surface area (Å²) >= 11 is 5.82. The maximum absolute atomic E-state index is 13.5. The van der Waals surface area contributed by atoms with E-state index >= 15 is 0 Å². The van der Waals surface area contributed by atoms with Gasteiger partial charge in [0.25, 0.3) is 0 Å². The summed E-state index contributed by atoms with van der Waals surface area (Å²) in [7, 11) is 3.92. The molecule has 3 N–H and O–H groups in total. The normalized spacial score (nSPS) is 11.2. The Kier molecular flexibility index (Phi) is 5.85. The van der Waals surface area contributed by atoms with Crippen molar-refractivity contribution in [2.45, 2.75) is 13.1 Å². The van der Waals surface area contributed by atoms with Gasteiger partial charge in [0.1, 0.15) is 5.82 Å². The van der Waals surface area contributed by atoms with Crippen LogP contribution < -0.4 is 11.1 Å². The highest BCUT2D eigenvalue weighted by Crippen LogP contribution is 2.21. The van der Waals surface area contributed by atoms with Crippen LogP contribution in [-0.2, 0) is 13.1 Å². The summed E-state index contributed by atoms with van der Waals surface area (Å²) in [5.74, 6) is -0.407. The fourth-order valence-corrected chi connectivity index (χ4v) is 1.90. The number of hydrogen-bond donors (Lipinski definition) is 2. The number of hydrogen-bond acceptors (Lipinski definition) is 3. The molecule has 0 radical (unpaired) electrons. The molecule has 0 amide bonds. The fourth-order valence-electron chi connectivity index (χ4n) is 1.64. The maximum Gasteiger partial charge on any atom is 0.146 e. The molecule has 5 heteroatoms. The Labute approximate surface area is 107 Å². The minimum absolute atomic E-state index is 0.143. The molecular weight excluding hydrogens is 241 g/mol. The summed E-state index contributed by atoms with van der Waals surface area (Å²) in [5, 5.41) is 3.22. The monoisotopic (exact) mass is 259 g/mol. The molecule has 0 heterocycles. The van der Waals surface area contributed by atoms with Crippen LogP contribution in [0.5, 0.6) is 0 Å². The first kappa shape index (κ1) is 14.4. The van der Waals surface area contributed by atoms with Gasteiger partial charge in [0.15, 0.2) is 0 Å². The summed E-state index contributed by atoms with van der Waals surface area (Å²) in [4.78, 5) is 2.14. The summed E-state index contributed by atoms with van der Waals surface area (Å²) in [5.41, 5.74) is 6.93. The van der Waals surface area contributed by atoms with Crippen molar-refractivity contribution in [2.75, 3.05) is 27.2 Å². The van der Waals surface area contributed by atoms with Crippen LogP contribution in [0.15, 0.2) is 12.1 Å². The first-order chi connectivity index (χ1) is 8.08. The van der Waals surface area contributed by atoms with E-state index in [1.54, 1.807) is 12.1 Å². The molecule has 0 aliphatic heterocycles. The van der Waals surface area contributed by atoms with E-state index in [1.165, 1.54) is 0 Å². The highest BCUT2D eigenvalue weighted by atomic mass is 35.5. The average Bonchev–Trinajstić information content (AvgIpc) is 2.31. The van der Waals surface area contributed by atoms with Gasteiger partial charge in [-0.1, -0.05) is 17.7 Å². The molecule has 17 heavy (non-hydrogen) atoms. The molecule has 0 saturated heterocycles. The number of nitrogens with one attached hydrogen (secondary N) is 1. The maximum atomic E-state index is 13.5. The Morgan fingerprint density at radius 1 is 1.47 bits per heavy atom. The number of rotatable bonds is 6. The first-order valence-corrected chi connectivity index (χ1v) is 5.96. The third-order valence-corrected chi connectivity index (χ3v) is 2.85. The Bertz CT molecular complexity index is 371. The quantitative estimate of drug-likeness (QED) is 0.815. The van der Waals surface area contributed by atoms with Crippen LogP contribution in [-0.4, -0.2) is 32.1 Å². The number of benzene rings is 1. The predicted molar refractivity (Wildman–Crippen MR) is 69.6 cm³/mol. The second kappa shape index (κ2) is 6.91. The lowest BCUT2D eigenvalue weighted by atomic mass is 10.1. The molecule has 0 bridgehead atoms. The lowest BCUT2D eigenvalue weighted by Crippen LogP contribution is -2.27. The zero-order chi connectivity index (χ0) is 12.8. The van der Waals surface area contributed by atoms with Gasteiger partial charge in [0.05, 0.1) is 5.02 Å². The molecular formula is C12H19ClFN3. The molecule has 0 aliphatic rings. The molecule has 3 nitrogen and oxygen atoms in total. The Morgan fingerprint density at radius 3 is 2.76 bits per heavy atom. The smallest absolute Gasteiger partial charge is 0.146 e. The second-order valence-corrected chi connectivity index (χ2v) is 4.50. The molecule has 1 rings (SSSR count). The van der Waals surface area contributed by atoms with Crippen LogP contribution in [0.25, 0.3) is 0 Å². The molecule has 0 saturated carbocycles. The fraction of sp³-hybridized carbons (Fsp3) is 0.500. The lowest BCUT2D eigenvalue weighted by Gasteiger charge is -2.17. The average molecular weight is 260 g/mol. The molecule has 0 atom stereocenters. The minimum Gasteiger partial charge on any atom is -0.326 e. The van der Waals surface area contributed by atoms with Crippen molar-refractivity contribution in [1.82, 2.24) is 10.2 Å². The molecule has 0 unspecified atom stereocenters. The van der Waals surface area contributed by atoms with E-state index in [2.05, 4.69) is 10.2 Å². The number of nitrogens with zero attached hydrogens (tertiary/aromatic N) is 1. The SMILES string of the molecule is CNCCN(C)Cc1cc(Cl)c(F)c(CN)c1. The van der Waals surface area contributed by atoms with Crippen molar-refractivity contribution in [3.63, 3.8) is 0 Å². The number of likely N-dealkylation sites (N-methyl/N-ethyl adjacent to an activating group) is 2. The van der Waals surface area contributed by atoms with Crippen LogP contribution in [0.4, 0.5) is 4.39 Å². The molecule has 0 aromatic heterocycles. The van der Waals surface area contributed by atoms with Crippen molar-refractivity contribution >= 4 is 11.6 Å². The van der Waals surface area contributed by atoms with E-state index in [0.29, 0.717) is 5.56 Å². The van der Waals surface area contributed by atoms with Gasteiger partial charge in [0.2, 0.25) is 0 Å². The topological polar surface area (TPSA) is 41.3 Å². The lowest BCUT2D eigenvalue weighted by molar-refractivity contribution is 0.328. The van der Waals surface area contributed by atoms with Gasteiger partial charge in [-0.2, -0.15) is 0 Å². The summed E-state index contributed by atoms with van der Waals surface area (Å²) in [6.45, 7) is 2.73. The predicted octanol–water partition coefficient (Wildman–Crippen LogP) is 1.59. The number of nitrogens with two attached hydrogens (primary N) is 1. The summed E-state index contributed by atoms with van der Waals surface area (Å²) in [6, 6.07) is 3.43. The van der Waals surface area contributed by atoms with E-state index in [-0.39, 0.29) is 11.6 Å². The molecule has 0 aliphatic carbocycles. The van der Waals surface area contributed by atoms with Crippen LogP contribution in [0, 0.1) is 5.82 Å².